The highest BCUT2D eigenvalue weighted by molar-refractivity contribution is 6.64. The molecule has 0 saturated carbocycles. The second-order valence-corrected chi connectivity index (χ2v) is 7.51. The molecular formula is C12H21NO3Si. The lowest BCUT2D eigenvalue weighted by molar-refractivity contribution is 0.0949. The van der Waals surface area contributed by atoms with Crippen molar-refractivity contribution >= 4 is 8.80 Å². The van der Waals surface area contributed by atoms with Crippen LogP contribution in [0.1, 0.15) is 12.5 Å². The quantitative estimate of drug-likeness (QED) is 0.779. The maximum absolute atomic E-state index is 5.95. The normalized spacial score (nSPS) is 15.6. The molecule has 0 bridgehead atoms. The van der Waals surface area contributed by atoms with Gasteiger partial charge < -0.3 is 19.0 Å². The van der Waals surface area contributed by atoms with Crippen molar-refractivity contribution in [3.8, 4) is 0 Å². The van der Waals surface area contributed by atoms with E-state index in [0.717, 1.165) is 5.56 Å². The molecule has 5 heteroatoms. The molecule has 0 aliphatic heterocycles. The molecule has 1 rings (SSSR count). The van der Waals surface area contributed by atoms with E-state index in [0.29, 0.717) is 6.54 Å². The van der Waals surface area contributed by atoms with Gasteiger partial charge >= 0.3 is 8.80 Å². The highest BCUT2D eigenvalue weighted by Gasteiger charge is 2.57. The van der Waals surface area contributed by atoms with Crippen LogP contribution < -0.4 is 5.73 Å². The maximum Gasteiger partial charge on any atom is 0.512 e. The Kier molecular flexibility index (Phi) is 4.85. The fourth-order valence-electron chi connectivity index (χ4n) is 2.15. The number of benzene rings is 1. The van der Waals surface area contributed by atoms with Gasteiger partial charge in [-0.1, -0.05) is 30.3 Å². The van der Waals surface area contributed by atoms with Crippen LogP contribution in [0.5, 0.6) is 0 Å². The average molecular weight is 255 g/mol. The first-order valence-corrected chi connectivity index (χ1v) is 7.23. The Balaban J connectivity index is 3.28. The first-order valence-electron chi connectivity index (χ1n) is 5.51. The standard InChI is InChI=1S/C12H21NO3Si/c1-12(10-13,11-8-6-5-7-9-11)17(14-2,15-3)16-4/h5-9H,10,13H2,1-4H3. The summed E-state index contributed by atoms with van der Waals surface area (Å²) in [5.41, 5.74) is 7.02. The van der Waals surface area contributed by atoms with E-state index in [4.69, 9.17) is 19.0 Å². The first-order chi connectivity index (χ1) is 8.10. The molecule has 0 saturated heterocycles. The SMILES string of the molecule is CO[Si](OC)(OC)C(C)(CN)c1ccccc1. The summed E-state index contributed by atoms with van der Waals surface area (Å²) in [6.07, 6.45) is 0. The summed E-state index contributed by atoms with van der Waals surface area (Å²) in [5.74, 6) is 0. The number of hydrogen-bond donors (Lipinski definition) is 1. The Labute approximate surface area is 104 Å². The lowest BCUT2D eigenvalue weighted by Crippen LogP contribution is -2.63. The minimum absolute atomic E-state index is 0.402. The maximum atomic E-state index is 5.95. The second kappa shape index (κ2) is 5.75. The first kappa shape index (κ1) is 14.3. The third-order valence-corrected chi connectivity index (χ3v) is 6.76. The fraction of sp³-hybridized carbons (Fsp3) is 0.500. The van der Waals surface area contributed by atoms with Crippen molar-refractivity contribution in [3.63, 3.8) is 0 Å². The van der Waals surface area contributed by atoms with Gasteiger partial charge in [0.2, 0.25) is 0 Å². The monoisotopic (exact) mass is 255 g/mol. The topological polar surface area (TPSA) is 53.7 Å². The average Bonchev–Trinajstić information content (AvgIpc) is 2.42. The predicted molar refractivity (Wildman–Crippen MR) is 69.6 cm³/mol. The van der Waals surface area contributed by atoms with Gasteiger partial charge in [0.15, 0.2) is 0 Å². The van der Waals surface area contributed by atoms with Crippen LogP contribution in [0.25, 0.3) is 0 Å². The summed E-state index contributed by atoms with van der Waals surface area (Å²) in [7, 11) is 1.98. The Hall–Kier alpha value is -0.723. The van der Waals surface area contributed by atoms with Crippen molar-refractivity contribution in [3.05, 3.63) is 35.9 Å². The smallest absolute Gasteiger partial charge is 0.376 e. The van der Waals surface area contributed by atoms with Crippen LogP contribution in [0.4, 0.5) is 0 Å². The third kappa shape index (κ3) is 2.29. The van der Waals surface area contributed by atoms with Crippen molar-refractivity contribution in [1.29, 1.82) is 0 Å². The van der Waals surface area contributed by atoms with E-state index in [9.17, 15) is 0 Å². The summed E-state index contributed by atoms with van der Waals surface area (Å²) in [4.78, 5) is 0. The van der Waals surface area contributed by atoms with Crippen LogP contribution in [0.3, 0.4) is 0 Å². The molecule has 0 heterocycles. The van der Waals surface area contributed by atoms with Gasteiger partial charge in [0.25, 0.3) is 0 Å². The zero-order valence-corrected chi connectivity index (χ0v) is 11.9. The van der Waals surface area contributed by atoms with Gasteiger partial charge in [-0.2, -0.15) is 0 Å². The van der Waals surface area contributed by atoms with E-state index < -0.39 is 13.8 Å². The van der Waals surface area contributed by atoms with Gasteiger partial charge in [0.05, 0.1) is 5.04 Å². The van der Waals surface area contributed by atoms with Gasteiger partial charge in [-0.15, -0.1) is 0 Å². The molecule has 1 atom stereocenters. The summed E-state index contributed by atoms with van der Waals surface area (Å²) >= 11 is 0. The zero-order chi connectivity index (χ0) is 12.9. The predicted octanol–water partition coefficient (Wildman–Crippen LogP) is 1.32. The molecule has 2 N–H and O–H groups in total. The van der Waals surface area contributed by atoms with E-state index in [1.807, 2.05) is 37.3 Å². The molecule has 0 radical (unpaired) electrons. The Morgan fingerprint density at radius 1 is 1.06 bits per heavy atom. The Morgan fingerprint density at radius 3 is 1.88 bits per heavy atom. The van der Waals surface area contributed by atoms with E-state index in [1.54, 1.807) is 21.3 Å². The van der Waals surface area contributed by atoms with Crippen LogP contribution in [0, 0.1) is 0 Å². The zero-order valence-electron chi connectivity index (χ0n) is 10.9. The fourth-order valence-corrected chi connectivity index (χ4v) is 4.77. The summed E-state index contributed by atoms with van der Waals surface area (Å²) in [5, 5.41) is -0.452. The van der Waals surface area contributed by atoms with Gasteiger partial charge in [-0.3, -0.25) is 0 Å². The van der Waals surface area contributed by atoms with Crippen LogP contribution in [0.2, 0.25) is 0 Å². The molecule has 0 aliphatic rings. The van der Waals surface area contributed by atoms with E-state index in [-0.39, 0.29) is 0 Å². The molecule has 1 unspecified atom stereocenters. The van der Waals surface area contributed by atoms with Crippen LogP contribution in [-0.2, 0) is 18.3 Å². The number of rotatable bonds is 6. The minimum Gasteiger partial charge on any atom is -0.376 e. The molecule has 0 aliphatic carbocycles. The van der Waals surface area contributed by atoms with Crippen molar-refractivity contribution in [1.82, 2.24) is 0 Å². The van der Waals surface area contributed by atoms with Gasteiger partial charge in [-0.25, -0.2) is 0 Å². The second-order valence-electron chi connectivity index (χ2n) is 4.07. The molecule has 4 nitrogen and oxygen atoms in total. The third-order valence-electron chi connectivity index (χ3n) is 3.30. The minimum atomic E-state index is -2.84. The molecule has 0 fully saturated rings. The van der Waals surface area contributed by atoms with E-state index in [1.165, 1.54) is 0 Å². The van der Waals surface area contributed by atoms with Crippen molar-refractivity contribution in [2.24, 2.45) is 5.73 Å². The van der Waals surface area contributed by atoms with Crippen LogP contribution in [-0.4, -0.2) is 36.7 Å². The van der Waals surface area contributed by atoms with Gasteiger partial charge in [-0.05, 0) is 12.5 Å². The Morgan fingerprint density at radius 2 is 1.53 bits per heavy atom. The highest BCUT2D eigenvalue weighted by Crippen LogP contribution is 2.34. The molecular weight excluding hydrogens is 234 g/mol. The van der Waals surface area contributed by atoms with Crippen molar-refractivity contribution in [2.45, 2.75) is 12.0 Å². The summed E-state index contributed by atoms with van der Waals surface area (Å²) < 4.78 is 16.7. The van der Waals surface area contributed by atoms with Crippen LogP contribution in [0.15, 0.2) is 30.3 Å². The lowest BCUT2D eigenvalue weighted by Gasteiger charge is -2.40. The highest BCUT2D eigenvalue weighted by atomic mass is 28.4. The van der Waals surface area contributed by atoms with Crippen LogP contribution >= 0.6 is 0 Å². The van der Waals surface area contributed by atoms with Gasteiger partial charge in [0, 0.05) is 27.9 Å². The van der Waals surface area contributed by atoms with Crippen molar-refractivity contribution < 1.29 is 13.3 Å². The van der Waals surface area contributed by atoms with E-state index in [2.05, 4.69) is 0 Å². The lowest BCUT2D eigenvalue weighted by atomic mass is 10.0. The number of nitrogens with two attached hydrogens (primary N) is 1. The molecule has 0 aromatic heterocycles. The molecule has 17 heavy (non-hydrogen) atoms. The molecule has 96 valence electrons. The largest absolute Gasteiger partial charge is 0.512 e. The van der Waals surface area contributed by atoms with Gasteiger partial charge in [0.1, 0.15) is 0 Å². The number of hydrogen-bond acceptors (Lipinski definition) is 4. The summed E-state index contributed by atoms with van der Waals surface area (Å²) in [6.45, 7) is 2.42. The molecule has 1 aromatic rings. The van der Waals surface area contributed by atoms with E-state index >= 15 is 0 Å². The summed E-state index contributed by atoms with van der Waals surface area (Å²) in [6, 6.07) is 9.96. The molecule has 0 amide bonds. The molecule has 0 spiro atoms. The molecule has 1 aromatic carbocycles. The van der Waals surface area contributed by atoms with Crippen molar-refractivity contribution in [2.75, 3.05) is 27.9 Å². The Bertz CT molecular complexity index is 335.